The largest absolute Gasteiger partial charge is 0.416 e. The summed E-state index contributed by atoms with van der Waals surface area (Å²) >= 11 is 0. The fraction of sp³-hybridized carbons (Fsp3) is 0.100. The van der Waals surface area contributed by atoms with Crippen LogP contribution in [0.15, 0.2) is 83.8 Å². The molecule has 0 saturated heterocycles. The van der Waals surface area contributed by atoms with E-state index in [9.17, 15) is 17.4 Å². The molecule has 128 valence electrons. The van der Waals surface area contributed by atoms with Gasteiger partial charge < -0.3 is 0 Å². The quantitative estimate of drug-likeness (QED) is 0.585. The maximum absolute atomic E-state index is 12.6. The highest BCUT2D eigenvalue weighted by Gasteiger charge is 2.29. The standard InChI is InChI=1S/C20H15F3OS/c21-20(22,23)18-11-9-15(10-12-18)14-25(24)19-8-4-7-17(13-19)16-5-2-1-3-6-16/h1-13H,14H2. The topological polar surface area (TPSA) is 17.1 Å². The molecule has 0 aromatic heterocycles. The monoisotopic (exact) mass is 360 g/mol. The summed E-state index contributed by atoms with van der Waals surface area (Å²) in [6, 6.07) is 21.9. The summed E-state index contributed by atoms with van der Waals surface area (Å²) in [5, 5.41) is 0. The highest BCUT2D eigenvalue weighted by Crippen LogP contribution is 2.29. The van der Waals surface area contributed by atoms with Gasteiger partial charge in [0.2, 0.25) is 0 Å². The first-order chi connectivity index (χ1) is 11.9. The Morgan fingerprint density at radius 3 is 2.04 bits per heavy atom. The minimum Gasteiger partial charge on any atom is -0.254 e. The summed E-state index contributed by atoms with van der Waals surface area (Å²) in [5.74, 6) is 0.177. The van der Waals surface area contributed by atoms with E-state index in [4.69, 9.17) is 0 Å². The molecule has 1 nitrogen and oxygen atoms in total. The van der Waals surface area contributed by atoms with Crippen LogP contribution in [0.25, 0.3) is 11.1 Å². The molecule has 0 N–H and O–H groups in total. The summed E-state index contributed by atoms with van der Waals surface area (Å²) in [7, 11) is -1.33. The van der Waals surface area contributed by atoms with Gasteiger partial charge in [0.05, 0.1) is 22.1 Å². The van der Waals surface area contributed by atoms with Crippen molar-refractivity contribution in [2.45, 2.75) is 16.8 Å². The Labute approximate surface area is 146 Å². The van der Waals surface area contributed by atoms with Gasteiger partial charge in [0.25, 0.3) is 0 Å². The van der Waals surface area contributed by atoms with Crippen LogP contribution in [-0.2, 0) is 22.7 Å². The van der Waals surface area contributed by atoms with Gasteiger partial charge in [-0.15, -0.1) is 0 Å². The normalized spacial score (nSPS) is 12.8. The number of halogens is 3. The second-order valence-corrected chi connectivity index (χ2v) is 7.03. The third kappa shape index (κ3) is 4.37. The van der Waals surface area contributed by atoms with E-state index in [1.807, 2.05) is 48.5 Å². The van der Waals surface area contributed by atoms with Gasteiger partial charge in [0, 0.05) is 4.90 Å². The maximum atomic E-state index is 12.6. The molecule has 0 radical (unpaired) electrons. The Morgan fingerprint density at radius 1 is 0.760 bits per heavy atom. The lowest BCUT2D eigenvalue weighted by atomic mass is 10.1. The lowest BCUT2D eigenvalue weighted by Crippen LogP contribution is -2.05. The smallest absolute Gasteiger partial charge is 0.254 e. The highest BCUT2D eigenvalue weighted by molar-refractivity contribution is 7.84. The molecular formula is C20H15F3OS. The van der Waals surface area contributed by atoms with E-state index in [0.717, 1.165) is 23.3 Å². The molecule has 3 aromatic rings. The van der Waals surface area contributed by atoms with Crippen LogP contribution in [0.1, 0.15) is 11.1 Å². The van der Waals surface area contributed by atoms with Crippen LogP contribution in [0.3, 0.4) is 0 Å². The van der Waals surface area contributed by atoms with E-state index in [-0.39, 0.29) is 5.75 Å². The minimum absolute atomic E-state index is 0.177. The molecule has 0 bridgehead atoms. The van der Waals surface area contributed by atoms with Gasteiger partial charge >= 0.3 is 6.18 Å². The first-order valence-electron chi connectivity index (χ1n) is 7.63. The minimum atomic E-state index is -4.36. The Hall–Kier alpha value is -2.40. The van der Waals surface area contributed by atoms with Crippen molar-refractivity contribution in [3.63, 3.8) is 0 Å². The maximum Gasteiger partial charge on any atom is 0.416 e. The molecule has 5 heteroatoms. The zero-order valence-corrected chi connectivity index (χ0v) is 14.0. The van der Waals surface area contributed by atoms with Crippen LogP contribution in [0.2, 0.25) is 0 Å². The summed E-state index contributed by atoms with van der Waals surface area (Å²) < 4.78 is 50.3. The first kappa shape index (κ1) is 17.4. The van der Waals surface area contributed by atoms with E-state index in [1.165, 1.54) is 12.1 Å². The van der Waals surface area contributed by atoms with Gasteiger partial charge in [-0.2, -0.15) is 13.2 Å². The van der Waals surface area contributed by atoms with E-state index in [1.54, 1.807) is 6.07 Å². The predicted molar refractivity (Wildman–Crippen MR) is 93.4 cm³/mol. The van der Waals surface area contributed by atoms with Gasteiger partial charge in [-0.25, -0.2) is 0 Å². The average molecular weight is 360 g/mol. The van der Waals surface area contributed by atoms with Crippen LogP contribution >= 0.6 is 0 Å². The molecule has 0 fully saturated rings. The van der Waals surface area contributed by atoms with Crippen molar-refractivity contribution in [2.24, 2.45) is 0 Å². The van der Waals surface area contributed by atoms with Crippen LogP contribution < -0.4 is 0 Å². The van der Waals surface area contributed by atoms with E-state index in [2.05, 4.69) is 0 Å². The van der Waals surface area contributed by atoms with Crippen molar-refractivity contribution >= 4 is 10.8 Å². The Morgan fingerprint density at radius 2 is 1.40 bits per heavy atom. The molecule has 0 spiro atoms. The lowest BCUT2D eigenvalue weighted by molar-refractivity contribution is -0.137. The third-order valence-corrected chi connectivity index (χ3v) is 5.16. The molecule has 0 amide bonds. The summed E-state index contributed by atoms with van der Waals surface area (Å²) in [6.45, 7) is 0. The van der Waals surface area contributed by atoms with Gasteiger partial charge in [-0.1, -0.05) is 54.6 Å². The van der Waals surface area contributed by atoms with Crippen molar-refractivity contribution in [2.75, 3.05) is 0 Å². The molecule has 3 rings (SSSR count). The van der Waals surface area contributed by atoms with Crippen molar-refractivity contribution in [3.05, 3.63) is 90.0 Å². The van der Waals surface area contributed by atoms with E-state index >= 15 is 0 Å². The van der Waals surface area contributed by atoms with Gasteiger partial charge in [-0.05, 0) is 41.0 Å². The number of benzene rings is 3. The molecule has 3 aromatic carbocycles. The molecule has 0 aliphatic rings. The zero-order chi connectivity index (χ0) is 17.9. The Bertz CT molecular complexity index is 871. The Balaban J connectivity index is 1.78. The fourth-order valence-electron chi connectivity index (χ4n) is 2.47. The van der Waals surface area contributed by atoms with Crippen molar-refractivity contribution < 1.29 is 17.4 Å². The van der Waals surface area contributed by atoms with Crippen LogP contribution in [-0.4, -0.2) is 4.21 Å². The lowest BCUT2D eigenvalue weighted by Gasteiger charge is -2.08. The molecule has 0 aliphatic heterocycles. The molecule has 1 atom stereocenters. The fourth-order valence-corrected chi connectivity index (χ4v) is 3.62. The van der Waals surface area contributed by atoms with Crippen LogP contribution in [0.5, 0.6) is 0 Å². The van der Waals surface area contributed by atoms with E-state index < -0.39 is 22.5 Å². The first-order valence-corrected chi connectivity index (χ1v) is 8.95. The molecule has 1 unspecified atom stereocenters. The molecule has 0 aliphatic carbocycles. The summed E-state index contributed by atoms with van der Waals surface area (Å²) in [5.41, 5.74) is 1.89. The van der Waals surface area contributed by atoms with Crippen molar-refractivity contribution in [1.29, 1.82) is 0 Å². The average Bonchev–Trinajstić information content (AvgIpc) is 2.62. The highest BCUT2D eigenvalue weighted by atomic mass is 32.2. The number of alkyl halides is 3. The molecule has 0 heterocycles. The second-order valence-electron chi connectivity index (χ2n) is 5.58. The SMILES string of the molecule is O=S(Cc1ccc(C(F)(F)F)cc1)c1cccc(-c2ccccc2)c1. The van der Waals surface area contributed by atoms with E-state index in [0.29, 0.717) is 10.5 Å². The van der Waals surface area contributed by atoms with Crippen LogP contribution in [0, 0.1) is 0 Å². The number of hydrogen-bond donors (Lipinski definition) is 0. The third-order valence-electron chi connectivity index (χ3n) is 3.78. The Kier molecular flexibility index (Phi) is 5.04. The number of rotatable bonds is 4. The number of hydrogen-bond acceptors (Lipinski definition) is 1. The molecular weight excluding hydrogens is 345 g/mol. The van der Waals surface area contributed by atoms with Gasteiger partial charge in [-0.3, -0.25) is 4.21 Å². The molecule has 0 saturated carbocycles. The second kappa shape index (κ2) is 7.23. The molecule has 25 heavy (non-hydrogen) atoms. The van der Waals surface area contributed by atoms with Gasteiger partial charge in [0.15, 0.2) is 0 Å². The van der Waals surface area contributed by atoms with Crippen molar-refractivity contribution in [1.82, 2.24) is 0 Å². The predicted octanol–water partition coefficient (Wildman–Crippen LogP) is 5.68. The zero-order valence-electron chi connectivity index (χ0n) is 13.2. The van der Waals surface area contributed by atoms with Gasteiger partial charge in [0.1, 0.15) is 0 Å². The summed E-state index contributed by atoms with van der Waals surface area (Å²) in [4.78, 5) is 0.654. The summed E-state index contributed by atoms with van der Waals surface area (Å²) in [6.07, 6.45) is -4.36. The van der Waals surface area contributed by atoms with Crippen LogP contribution in [0.4, 0.5) is 13.2 Å². The van der Waals surface area contributed by atoms with Crippen molar-refractivity contribution in [3.8, 4) is 11.1 Å².